The monoisotopic (exact) mass is 451 g/mol. The van der Waals surface area contributed by atoms with E-state index in [9.17, 15) is 18.0 Å². The highest BCUT2D eigenvalue weighted by atomic mass is 32.2. The van der Waals surface area contributed by atoms with Crippen LogP contribution in [0.4, 0.5) is 15.6 Å². The average Bonchev–Trinajstić information content (AvgIpc) is 3.20. The summed E-state index contributed by atoms with van der Waals surface area (Å²) in [5.74, 6) is -0.0258. The van der Waals surface area contributed by atoms with Gasteiger partial charge in [-0.1, -0.05) is 0 Å². The third-order valence-corrected chi connectivity index (χ3v) is 7.05. The summed E-state index contributed by atoms with van der Waals surface area (Å²) in [6.45, 7) is 1.09. The third-order valence-electron chi connectivity index (χ3n) is 4.62. The number of urea groups is 1. The zero-order valence-electron chi connectivity index (χ0n) is 16.2. The summed E-state index contributed by atoms with van der Waals surface area (Å²) in [6.07, 6.45) is 1.63. The zero-order valence-corrected chi connectivity index (χ0v) is 17.8. The van der Waals surface area contributed by atoms with Crippen molar-refractivity contribution in [2.24, 2.45) is 0 Å². The van der Waals surface area contributed by atoms with Gasteiger partial charge in [-0.2, -0.15) is 0 Å². The molecule has 2 fully saturated rings. The van der Waals surface area contributed by atoms with Gasteiger partial charge in [-0.25, -0.2) is 22.9 Å². The molecular weight excluding hydrogens is 430 g/mol. The number of rotatable bonds is 8. The number of nitrogens with one attached hydrogen (secondary N) is 3. The van der Waals surface area contributed by atoms with Gasteiger partial charge in [0.05, 0.1) is 29.8 Å². The molecule has 0 radical (unpaired) electrons. The van der Waals surface area contributed by atoms with Crippen LogP contribution in [-0.2, 0) is 21.2 Å². The van der Waals surface area contributed by atoms with E-state index in [1.165, 1.54) is 41.5 Å². The molecule has 1 aliphatic heterocycles. The Bertz CT molecular complexity index is 1080. The minimum atomic E-state index is -3.66. The van der Waals surface area contributed by atoms with Crippen molar-refractivity contribution in [3.05, 3.63) is 29.3 Å². The van der Waals surface area contributed by atoms with E-state index in [1.807, 2.05) is 0 Å². The van der Waals surface area contributed by atoms with Crippen LogP contribution in [0.25, 0.3) is 0 Å². The van der Waals surface area contributed by atoms with E-state index in [0.29, 0.717) is 29.7 Å². The Morgan fingerprint density at radius 3 is 2.87 bits per heavy atom. The maximum atomic E-state index is 12.5. The van der Waals surface area contributed by atoms with Crippen LogP contribution >= 0.6 is 11.3 Å². The highest BCUT2D eigenvalue weighted by molar-refractivity contribution is 7.89. The van der Waals surface area contributed by atoms with Crippen molar-refractivity contribution in [3.63, 3.8) is 0 Å². The van der Waals surface area contributed by atoms with E-state index in [1.54, 1.807) is 5.38 Å². The van der Waals surface area contributed by atoms with E-state index in [4.69, 9.17) is 4.74 Å². The molecule has 160 valence electrons. The Morgan fingerprint density at radius 2 is 2.20 bits per heavy atom. The second kappa shape index (κ2) is 8.20. The summed E-state index contributed by atoms with van der Waals surface area (Å²) in [7, 11) is -2.22. The highest BCUT2D eigenvalue weighted by Gasteiger charge is 2.28. The molecule has 1 aromatic carbocycles. The van der Waals surface area contributed by atoms with Crippen LogP contribution in [0.3, 0.4) is 0 Å². The molecule has 0 atom stereocenters. The fourth-order valence-electron chi connectivity index (χ4n) is 2.96. The molecule has 3 N–H and O–H groups in total. The molecule has 2 aromatic rings. The number of hydrogen-bond donors (Lipinski definition) is 3. The van der Waals surface area contributed by atoms with Gasteiger partial charge in [0.25, 0.3) is 0 Å². The molecular formula is C18H21N5O5S2. The number of amides is 3. The van der Waals surface area contributed by atoms with Gasteiger partial charge in [0.15, 0.2) is 5.13 Å². The first-order chi connectivity index (χ1) is 14.4. The molecule has 30 heavy (non-hydrogen) atoms. The lowest BCUT2D eigenvalue weighted by Gasteiger charge is -2.13. The van der Waals surface area contributed by atoms with E-state index in [-0.39, 0.29) is 35.0 Å². The van der Waals surface area contributed by atoms with Gasteiger partial charge in [0.2, 0.25) is 15.9 Å². The topological polar surface area (TPSA) is 130 Å². The number of ether oxygens (including phenoxy) is 1. The van der Waals surface area contributed by atoms with E-state index < -0.39 is 10.0 Å². The van der Waals surface area contributed by atoms with Crippen LogP contribution in [0.5, 0.6) is 5.75 Å². The smallest absolute Gasteiger partial charge is 0.323 e. The van der Waals surface area contributed by atoms with Gasteiger partial charge in [-0.15, -0.1) is 11.3 Å². The number of carbonyl (C=O) groups is 2. The second-order valence-electron chi connectivity index (χ2n) is 6.99. The van der Waals surface area contributed by atoms with Crippen molar-refractivity contribution in [2.75, 3.05) is 30.4 Å². The second-order valence-corrected chi connectivity index (χ2v) is 9.54. The lowest BCUT2D eigenvalue weighted by Crippen LogP contribution is -2.27. The predicted molar refractivity (Wildman–Crippen MR) is 112 cm³/mol. The van der Waals surface area contributed by atoms with Gasteiger partial charge in [0.1, 0.15) is 5.75 Å². The number of anilines is 2. The third kappa shape index (κ3) is 4.55. The van der Waals surface area contributed by atoms with E-state index >= 15 is 0 Å². The maximum absolute atomic E-state index is 12.5. The first-order valence-electron chi connectivity index (χ1n) is 9.36. The fraction of sp³-hybridized carbons (Fsp3) is 0.389. The molecule has 2 heterocycles. The van der Waals surface area contributed by atoms with Crippen molar-refractivity contribution in [1.29, 1.82) is 0 Å². The van der Waals surface area contributed by atoms with Crippen LogP contribution in [0.15, 0.2) is 28.5 Å². The molecule has 1 aliphatic carbocycles. The maximum Gasteiger partial charge on any atom is 0.323 e. The van der Waals surface area contributed by atoms with E-state index in [0.717, 1.165) is 12.8 Å². The SMILES string of the molecule is COc1ccc(S(=O)(=O)NC2CC2)cc1NC(=O)Cc1csc(N2CCNC2=O)n1. The largest absolute Gasteiger partial charge is 0.495 e. The van der Waals surface area contributed by atoms with Crippen molar-refractivity contribution in [2.45, 2.75) is 30.2 Å². The number of aromatic nitrogens is 1. The molecule has 1 aromatic heterocycles. The molecule has 4 rings (SSSR count). The molecule has 12 heteroatoms. The Labute approximate surface area is 177 Å². The standard InChI is InChI=1S/C18H21N5O5S2/c1-28-15-5-4-13(30(26,27)22-11-2-3-11)9-14(15)21-16(24)8-12-10-29-18(20-12)23-7-6-19-17(23)25/h4-5,9-11,22H,2-3,6-8H2,1H3,(H,19,25)(H,21,24). The molecule has 0 bridgehead atoms. The fourth-order valence-corrected chi connectivity index (χ4v) is 5.13. The number of methoxy groups -OCH3 is 1. The number of thiazole rings is 1. The van der Waals surface area contributed by atoms with Crippen LogP contribution in [-0.4, -0.2) is 51.6 Å². The van der Waals surface area contributed by atoms with Gasteiger partial charge < -0.3 is 15.4 Å². The summed E-state index contributed by atoms with van der Waals surface area (Å²) in [4.78, 5) is 30.2. The van der Waals surface area contributed by atoms with Gasteiger partial charge in [-0.05, 0) is 31.0 Å². The Hall–Kier alpha value is -2.70. The van der Waals surface area contributed by atoms with Crippen molar-refractivity contribution < 1.29 is 22.7 Å². The van der Waals surface area contributed by atoms with E-state index in [2.05, 4.69) is 20.3 Å². The lowest BCUT2D eigenvalue weighted by molar-refractivity contribution is -0.115. The Morgan fingerprint density at radius 1 is 1.40 bits per heavy atom. The van der Waals surface area contributed by atoms with Crippen LogP contribution < -0.4 is 25.0 Å². The average molecular weight is 452 g/mol. The molecule has 1 saturated heterocycles. The Kier molecular flexibility index (Phi) is 5.62. The van der Waals surface area contributed by atoms with Crippen LogP contribution in [0.1, 0.15) is 18.5 Å². The number of nitrogens with zero attached hydrogens (tertiary/aromatic N) is 2. The minimum absolute atomic E-state index is 0.0214. The minimum Gasteiger partial charge on any atom is -0.495 e. The van der Waals surface area contributed by atoms with Crippen molar-refractivity contribution >= 4 is 44.1 Å². The van der Waals surface area contributed by atoms with Crippen molar-refractivity contribution in [1.82, 2.24) is 15.0 Å². The highest BCUT2D eigenvalue weighted by Crippen LogP contribution is 2.29. The summed E-state index contributed by atoms with van der Waals surface area (Å²) in [5.41, 5.74) is 0.779. The summed E-state index contributed by atoms with van der Waals surface area (Å²) in [6, 6.07) is 4.09. The summed E-state index contributed by atoms with van der Waals surface area (Å²) >= 11 is 1.29. The first-order valence-corrected chi connectivity index (χ1v) is 11.7. The van der Waals surface area contributed by atoms with Crippen molar-refractivity contribution in [3.8, 4) is 5.75 Å². The first kappa shape index (κ1) is 20.6. The van der Waals surface area contributed by atoms with Gasteiger partial charge in [-0.3, -0.25) is 9.69 Å². The molecule has 2 aliphatic rings. The van der Waals surface area contributed by atoms with Gasteiger partial charge >= 0.3 is 6.03 Å². The lowest BCUT2D eigenvalue weighted by atomic mass is 10.2. The predicted octanol–water partition coefficient (Wildman–Crippen LogP) is 1.30. The van der Waals surface area contributed by atoms with Crippen LogP contribution in [0, 0.1) is 0 Å². The molecule has 3 amide bonds. The number of sulfonamides is 1. The zero-order chi connectivity index (χ0) is 21.3. The normalized spacial score (nSPS) is 16.4. The molecule has 10 nitrogen and oxygen atoms in total. The number of carbonyl (C=O) groups excluding carboxylic acids is 2. The molecule has 0 spiro atoms. The summed E-state index contributed by atoms with van der Waals surface area (Å²) < 4.78 is 32.8. The Balaban J connectivity index is 1.46. The van der Waals surface area contributed by atoms with Crippen LogP contribution in [0.2, 0.25) is 0 Å². The molecule has 1 saturated carbocycles. The molecule has 0 unspecified atom stereocenters. The quantitative estimate of drug-likeness (QED) is 0.555. The number of benzene rings is 1. The van der Waals surface area contributed by atoms with Gasteiger partial charge in [0, 0.05) is 24.5 Å². The number of hydrogen-bond acceptors (Lipinski definition) is 7. The summed E-state index contributed by atoms with van der Waals surface area (Å²) in [5, 5.41) is 7.65.